The Balaban J connectivity index is 1.46. The summed E-state index contributed by atoms with van der Waals surface area (Å²) in [5.74, 6) is -3.28. The molecule has 0 aliphatic heterocycles. The van der Waals surface area contributed by atoms with Crippen molar-refractivity contribution in [3.05, 3.63) is 64.7 Å². The van der Waals surface area contributed by atoms with Gasteiger partial charge in [0.05, 0.1) is 12.1 Å². The number of carbonyl (C=O) groups is 4. The fourth-order valence-corrected chi connectivity index (χ4v) is 4.49. The van der Waals surface area contributed by atoms with Crippen LogP contribution in [0.5, 0.6) is 6.01 Å². The first-order valence-corrected chi connectivity index (χ1v) is 15.0. The number of esters is 1. The van der Waals surface area contributed by atoms with Gasteiger partial charge in [-0.3, -0.25) is 14.4 Å². The number of nitrogens with one attached hydrogen (secondary N) is 5. The van der Waals surface area contributed by atoms with Gasteiger partial charge in [-0.25, -0.2) is 4.79 Å². The van der Waals surface area contributed by atoms with E-state index in [-0.39, 0.29) is 37.0 Å². The van der Waals surface area contributed by atoms with E-state index in [1.807, 2.05) is 12.1 Å². The molecule has 1 atom stereocenters. The average molecular weight is 693 g/mol. The predicted octanol–water partition coefficient (Wildman–Crippen LogP) is 3.22. The van der Waals surface area contributed by atoms with E-state index >= 15 is 0 Å². The zero-order chi connectivity index (χ0) is 34.9. The largest absolute Gasteiger partial charge is 0.464 e. The number of nitrogens with zero attached hydrogens (tertiary/aromatic N) is 3. The van der Waals surface area contributed by atoms with Crippen LogP contribution in [0.2, 0.25) is 5.02 Å². The number of amides is 3. The lowest BCUT2D eigenvalue weighted by Gasteiger charge is -2.19. The summed E-state index contributed by atoms with van der Waals surface area (Å²) >= 11 is 6.01. The van der Waals surface area contributed by atoms with Gasteiger partial charge in [-0.15, -0.1) is 0 Å². The third-order valence-electron chi connectivity index (χ3n) is 6.91. The maximum atomic E-state index is 13.0. The van der Waals surface area contributed by atoms with Crippen LogP contribution in [-0.2, 0) is 24.7 Å². The monoisotopic (exact) mass is 692 g/mol. The highest BCUT2D eigenvalue weighted by Crippen LogP contribution is 2.48. The topological polar surface area (TPSA) is 186 Å². The molecule has 256 valence electrons. The second-order valence-corrected chi connectivity index (χ2v) is 10.9. The van der Waals surface area contributed by atoms with Gasteiger partial charge in [-0.1, -0.05) is 23.7 Å². The Morgan fingerprint density at radius 1 is 0.958 bits per heavy atom. The number of hydrogen-bond donors (Lipinski definition) is 5. The van der Waals surface area contributed by atoms with E-state index in [9.17, 15) is 32.3 Å². The smallest absolute Gasteiger partial charge is 0.422 e. The summed E-state index contributed by atoms with van der Waals surface area (Å²) in [4.78, 5) is 60.8. The molecule has 18 heteroatoms. The number of likely N-dealkylation sites (N-methyl/N-ethyl adjacent to an activating group) is 1. The Morgan fingerprint density at radius 2 is 1.62 bits per heavy atom. The van der Waals surface area contributed by atoms with E-state index in [1.165, 1.54) is 31.3 Å². The average Bonchev–Trinajstić information content (AvgIpc) is 3.83. The summed E-state index contributed by atoms with van der Waals surface area (Å²) in [7, 11) is 1.29. The summed E-state index contributed by atoms with van der Waals surface area (Å²) in [6, 6.07) is 11.3. The van der Waals surface area contributed by atoms with Crippen LogP contribution in [0.1, 0.15) is 42.1 Å². The van der Waals surface area contributed by atoms with Crippen molar-refractivity contribution in [2.75, 3.05) is 37.4 Å². The minimum Gasteiger partial charge on any atom is -0.464 e. The minimum absolute atomic E-state index is 0.0235. The summed E-state index contributed by atoms with van der Waals surface area (Å²) in [6.45, 7) is -0.0710. The molecule has 1 unspecified atom stereocenters. The summed E-state index contributed by atoms with van der Waals surface area (Å²) in [5.41, 5.74) is 0.863. The molecule has 1 aromatic heterocycles. The zero-order valence-electron chi connectivity index (χ0n) is 25.7. The van der Waals surface area contributed by atoms with Gasteiger partial charge in [0.2, 0.25) is 11.9 Å². The van der Waals surface area contributed by atoms with E-state index in [4.69, 9.17) is 21.1 Å². The van der Waals surface area contributed by atoms with Crippen molar-refractivity contribution < 1.29 is 41.8 Å². The van der Waals surface area contributed by atoms with Crippen LogP contribution in [0.3, 0.4) is 0 Å². The molecule has 1 aliphatic carbocycles. The summed E-state index contributed by atoms with van der Waals surface area (Å²) < 4.78 is 48.5. The standard InChI is InChI=1S/C30H32ClF3N8O6/c1-3-47-25(46)21(12-15-36-24(45)23(44)35-2)38-22(43)17-4-10-20(11-5-17)37-26-39-27(41-28(40-26)48-16-30(32,33)34)42-29(13-14-29)18-6-8-19(31)9-7-18/h4-11,21H,3,12-16H2,1-2H3,(H,35,44)(H,36,45)(H,38,43)(H2,37,39,40,41,42). The fourth-order valence-electron chi connectivity index (χ4n) is 4.36. The molecule has 14 nitrogen and oxygen atoms in total. The molecule has 3 amide bonds. The van der Waals surface area contributed by atoms with Gasteiger partial charge < -0.3 is 36.1 Å². The van der Waals surface area contributed by atoms with Gasteiger partial charge in [0.25, 0.3) is 5.91 Å². The maximum absolute atomic E-state index is 13.0. The molecule has 1 fully saturated rings. The van der Waals surface area contributed by atoms with Gasteiger partial charge in [0, 0.05) is 29.9 Å². The molecule has 1 saturated carbocycles. The number of ether oxygens (including phenoxy) is 2. The number of halogens is 4. The fraction of sp³-hybridized carbons (Fsp3) is 0.367. The Labute approximate surface area is 277 Å². The third-order valence-corrected chi connectivity index (χ3v) is 7.16. The third kappa shape index (κ3) is 10.2. The summed E-state index contributed by atoms with van der Waals surface area (Å²) in [6.07, 6.45) is -3.25. The van der Waals surface area contributed by atoms with E-state index < -0.39 is 54.1 Å². The molecule has 1 heterocycles. The molecular formula is C30H32ClF3N8O6. The molecule has 0 spiro atoms. The second-order valence-electron chi connectivity index (χ2n) is 10.5. The molecule has 48 heavy (non-hydrogen) atoms. The Hall–Kier alpha value is -5.19. The van der Waals surface area contributed by atoms with E-state index in [0.29, 0.717) is 23.6 Å². The number of aromatic nitrogens is 3. The lowest BCUT2D eigenvalue weighted by Crippen LogP contribution is -2.45. The highest BCUT2D eigenvalue weighted by atomic mass is 35.5. The van der Waals surface area contributed by atoms with E-state index in [1.54, 1.807) is 19.1 Å². The zero-order valence-corrected chi connectivity index (χ0v) is 26.5. The van der Waals surface area contributed by atoms with Crippen LogP contribution >= 0.6 is 11.6 Å². The molecule has 0 radical (unpaired) electrons. The number of hydrogen-bond acceptors (Lipinski definition) is 11. The Morgan fingerprint density at radius 3 is 2.23 bits per heavy atom. The molecule has 0 bridgehead atoms. The van der Waals surface area contributed by atoms with Crippen LogP contribution < -0.4 is 31.3 Å². The minimum atomic E-state index is -4.63. The first kappa shape index (κ1) is 35.7. The SMILES string of the molecule is CCOC(=O)C(CCNC(=O)C(=O)NC)NC(=O)c1ccc(Nc2nc(NC3(c4ccc(Cl)cc4)CC3)nc(OCC(F)(F)F)n2)cc1. The normalized spacial score (nSPS) is 13.8. The molecule has 2 aromatic carbocycles. The van der Waals surface area contributed by atoms with Crippen LogP contribution in [-0.4, -0.2) is 77.7 Å². The van der Waals surface area contributed by atoms with Crippen molar-refractivity contribution in [3.8, 4) is 6.01 Å². The van der Waals surface area contributed by atoms with Gasteiger partial charge in [-0.2, -0.15) is 28.1 Å². The van der Waals surface area contributed by atoms with E-state index in [2.05, 4.69) is 41.5 Å². The van der Waals surface area contributed by atoms with Crippen molar-refractivity contribution >= 4 is 52.9 Å². The van der Waals surface area contributed by atoms with Crippen LogP contribution in [0.15, 0.2) is 48.5 Å². The number of benzene rings is 2. The number of carbonyl (C=O) groups excluding carboxylic acids is 4. The van der Waals surface area contributed by atoms with Crippen molar-refractivity contribution in [1.82, 2.24) is 30.9 Å². The van der Waals surface area contributed by atoms with Gasteiger partial charge in [0.1, 0.15) is 6.04 Å². The van der Waals surface area contributed by atoms with Gasteiger partial charge in [0.15, 0.2) is 6.61 Å². The number of anilines is 3. The van der Waals surface area contributed by atoms with Crippen molar-refractivity contribution in [2.45, 2.75) is 43.9 Å². The first-order chi connectivity index (χ1) is 22.8. The summed E-state index contributed by atoms with van der Waals surface area (Å²) in [5, 5.41) is 13.7. The van der Waals surface area contributed by atoms with Crippen LogP contribution in [0.25, 0.3) is 0 Å². The molecule has 1 aliphatic rings. The maximum Gasteiger partial charge on any atom is 0.422 e. The second kappa shape index (κ2) is 15.6. The molecule has 0 saturated heterocycles. The van der Waals surface area contributed by atoms with Crippen LogP contribution in [0, 0.1) is 0 Å². The highest BCUT2D eigenvalue weighted by molar-refractivity contribution is 6.35. The lowest BCUT2D eigenvalue weighted by molar-refractivity contribution is -0.154. The van der Waals surface area contributed by atoms with Gasteiger partial charge >= 0.3 is 30.0 Å². The van der Waals surface area contributed by atoms with Crippen LogP contribution in [0.4, 0.5) is 30.8 Å². The molecule has 5 N–H and O–H groups in total. The molecule has 4 rings (SSSR count). The highest BCUT2D eigenvalue weighted by Gasteiger charge is 2.45. The number of rotatable bonds is 14. The van der Waals surface area contributed by atoms with Gasteiger partial charge in [-0.05, 0) is 68.1 Å². The Kier molecular flexibility index (Phi) is 11.6. The first-order valence-electron chi connectivity index (χ1n) is 14.6. The lowest BCUT2D eigenvalue weighted by atomic mass is 10.1. The van der Waals surface area contributed by atoms with Crippen molar-refractivity contribution in [2.24, 2.45) is 0 Å². The molecular weight excluding hydrogens is 661 g/mol. The predicted molar refractivity (Wildman–Crippen MR) is 167 cm³/mol. The van der Waals surface area contributed by atoms with E-state index in [0.717, 1.165) is 5.56 Å². The quantitative estimate of drug-likeness (QED) is 0.123. The van der Waals surface area contributed by atoms with Crippen molar-refractivity contribution in [1.29, 1.82) is 0 Å². The Bertz CT molecular complexity index is 1620. The van der Waals surface area contributed by atoms with Crippen molar-refractivity contribution in [3.63, 3.8) is 0 Å². The number of alkyl halides is 3. The molecule has 3 aromatic rings.